The summed E-state index contributed by atoms with van der Waals surface area (Å²) in [5.41, 5.74) is -0.166. The van der Waals surface area contributed by atoms with Gasteiger partial charge in [-0.05, 0) is 30.7 Å². The zero-order valence-electron chi connectivity index (χ0n) is 16.1. The smallest absolute Gasteiger partial charge is 0.369 e. The Morgan fingerprint density at radius 2 is 1.90 bits per heavy atom. The maximum absolute atomic E-state index is 13.0. The van der Waals surface area contributed by atoms with Crippen molar-refractivity contribution in [3.63, 3.8) is 0 Å². The molecule has 2 aromatic rings. The fraction of sp³-hybridized carbons (Fsp3) is 0.350. The first kappa shape index (κ1) is 21.7. The van der Waals surface area contributed by atoms with Gasteiger partial charge in [0.05, 0.1) is 36.7 Å². The van der Waals surface area contributed by atoms with E-state index in [0.29, 0.717) is 12.1 Å². The number of ether oxygens (including phenoxy) is 1. The van der Waals surface area contributed by atoms with E-state index in [1.54, 1.807) is 17.9 Å². The van der Waals surface area contributed by atoms with Crippen LogP contribution in [0.3, 0.4) is 0 Å². The normalized spacial score (nSPS) is 19.4. The van der Waals surface area contributed by atoms with Crippen molar-refractivity contribution < 1.29 is 27.1 Å². The highest BCUT2D eigenvalue weighted by atomic mass is 19.4. The molecule has 1 aromatic heterocycles. The van der Waals surface area contributed by atoms with Crippen LogP contribution in [0.2, 0.25) is 0 Å². The molecule has 1 N–H and O–H groups in total. The van der Waals surface area contributed by atoms with Gasteiger partial charge in [0.1, 0.15) is 0 Å². The Morgan fingerprint density at radius 1 is 1.23 bits per heavy atom. The van der Waals surface area contributed by atoms with Crippen molar-refractivity contribution in [1.82, 2.24) is 14.9 Å². The van der Waals surface area contributed by atoms with Gasteiger partial charge in [-0.15, -0.1) is 0 Å². The number of carbonyl (C=O) groups is 1. The lowest BCUT2D eigenvalue weighted by molar-refractivity contribution is -0.137. The number of rotatable bonds is 6. The van der Waals surface area contributed by atoms with Crippen molar-refractivity contribution in [3.8, 4) is 0 Å². The van der Waals surface area contributed by atoms with E-state index in [4.69, 9.17) is 4.74 Å². The summed E-state index contributed by atoms with van der Waals surface area (Å²) in [6.07, 6.45) is 0.238. The number of anilines is 1. The Hall–Kier alpha value is -3.01. The van der Waals surface area contributed by atoms with Crippen molar-refractivity contribution >= 4 is 11.9 Å². The summed E-state index contributed by atoms with van der Waals surface area (Å²) < 4.78 is 57.0. The Kier molecular flexibility index (Phi) is 6.66. The number of allylic oxidation sites excluding steroid dienone is 1. The van der Waals surface area contributed by atoms with Crippen LogP contribution in [0.1, 0.15) is 18.1 Å². The van der Waals surface area contributed by atoms with Gasteiger partial charge in [-0.3, -0.25) is 4.79 Å². The monoisotopic (exact) mass is 424 g/mol. The Bertz CT molecular complexity index is 885. The molecular formula is C20H20F4N4O2. The van der Waals surface area contributed by atoms with Crippen molar-refractivity contribution in [2.24, 2.45) is 0 Å². The molecule has 1 fully saturated rings. The minimum Gasteiger partial charge on any atom is -0.369 e. The molecule has 0 radical (unpaired) electrons. The second kappa shape index (κ2) is 9.21. The molecule has 1 aliphatic heterocycles. The van der Waals surface area contributed by atoms with Gasteiger partial charge in [0.15, 0.2) is 5.82 Å². The minimum absolute atomic E-state index is 0.0664. The lowest BCUT2D eigenvalue weighted by Gasteiger charge is -2.20. The van der Waals surface area contributed by atoms with Crippen LogP contribution in [-0.2, 0) is 22.3 Å². The van der Waals surface area contributed by atoms with Crippen LogP contribution in [-0.4, -0.2) is 46.0 Å². The van der Waals surface area contributed by atoms with Gasteiger partial charge in [0, 0.05) is 13.1 Å². The van der Waals surface area contributed by atoms with Crippen LogP contribution in [0.15, 0.2) is 48.8 Å². The van der Waals surface area contributed by atoms with Gasteiger partial charge >= 0.3 is 6.18 Å². The number of amides is 1. The molecule has 160 valence electrons. The van der Waals surface area contributed by atoms with Crippen LogP contribution in [0.5, 0.6) is 0 Å². The standard InChI is InChI=1S/C20H20F4N4O2/c1-2-3-18(29)28-10-16(27-19-25-8-15(21)9-26-19)17(11-28)30-12-13-4-6-14(7-5-13)20(22,23)24/h2-9,16-17H,10-12H2,1H3,(H,25,26,27)/b3-2-/t16-,17-/m1/s1. The molecule has 10 heteroatoms. The molecule has 0 bridgehead atoms. The van der Waals surface area contributed by atoms with Crippen molar-refractivity contribution in [1.29, 1.82) is 0 Å². The van der Waals surface area contributed by atoms with E-state index in [-0.39, 0.29) is 31.0 Å². The molecule has 0 saturated carbocycles. The van der Waals surface area contributed by atoms with Crippen molar-refractivity contribution in [2.45, 2.75) is 31.9 Å². The third kappa shape index (κ3) is 5.53. The minimum atomic E-state index is -4.40. The predicted octanol–water partition coefficient (Wildman–Crippen LogP) is 3.42. The molecular weight excluding hydrogens is 404 g/mol. The van der Waals surface area contributed by atoms with Crippen LogP contribution in [0.4, 0.5) is 23.5 Å². The van der Waals surface area contributed by atoms with E-state index in [0.717, 1.165) is 24.5 Å². The molecule has 1 saturated heterocycles. The van der Waals surface area contributed by atoms with E-state index in [1.807, 2.05) is 0 Å². The number of aromatic nitrogens is 2. The van der Waals surface area contributed by atoms with Gasteiger partial charge in [0.2, 0.25) is 11.9 Å². The van der Waals surface area contributed by atoms with E-state index in [2.05, 4.69) is 15.3 Å². The largest absolute Gasteiger partial charge is 0.416 e. The maximum atomic E-state index is 13.0. The number of halogens is 4. The second-order valence-corrected chi connectivity index (χ2v) is 6.76. The SMILES string of the molecule is C/C=C\C(=O)N1C[C@@H](Nc2ncc(F)cn2)[C@H](OCc2ccc(C(F)(F)F)cc2)C1. The Balaban J connectivity index is 1.68. The zero-order valence-corrected chi connectivity index (χ0v) is 16.1. The summed E-state index contributed by atoms with van der Waals surface area (Å²) in [6.45, 7) is 2.38. The number of alkyl halides is 3. The summed E-state index contributed by atoms with van der Waals surface area (Å²) in [7, 11) is 0. The molecule has 0 spiro atoms. The molecule has 2 heterocycles. The quantitative estimate of drug-likeness (QED) is 0.569. The summed E-state index contributed by atoms with van der Waals surface area (Å²) in [4.78, 5) is 21.5. The molecule has 1 aromatic carbocycles. The third-order valence-electron chi connectivity index (χ3n) is 4.57. The average molecular weight is 424 g/mol. The van der Waals surface area contributed by atoms with Gasteiger partial charge in [-0.1, -0.05) is 18.2 Å². The van der Waals surface area contributed by atoms with Gasteiger partial charge in [0.25, 0.3) is 0 Å². The van der Waals surface area contributed by atoms with Gasteiger partial charge in [-0.25, -0.2) is 14.4 Å². The predicted molar refractivity (Wildman–Crippen MR) is 101 cm³/mol. The van der Waals surface area contributed by atoms with Crippen molar-refractivity contribution in [2.75, 3.05) is 18.4 Å². The van der Waals surface area contributed by atoms with Crippen LogP contribution < -0.4 is 5.32 Å². The third-order valence-corrected chi connectivity index (χ3v) is 4.57. The lowest BCUT2D eigenvalue weighted by atomic mass is 10.1. The Morgan fingerprint density at radius 3 is 2.50 bits per heavy atom. The Labute approximate surface area is 170 Å². The zero-order chi connectivity index (χ0) is 21.7. The lowest BCUT2D eigenvalue weighted by Crippen LogP contribution is -2.35. The van der Waals surface area contributed by atoms with Crippen LogP contribution in [0.25, 0.3) is 0 Å². The number of hydrogen-bond donors (Lipinski definition) is 1. The van der Waals surface area contributed by atoms with Crippen LogP contribution in [0, 0.1) is 5.82 Å². The maximum Gasteiger partial charge on any atom is 0.416 e. The fourth-order valence-electron chi connectivity index (χ4n) is 3.06. The average Bonchev–Trinajstić information content (AvgIpc) is 3.11. The summed E-state index contributed by atoms with van der Waals surface area (Å²) in [6, 6.07) is 4.33. The molecule has 30 heavy (non-hydrogen) atoms. The first-order valence-electron chi connectivity index (χ1n) is 9.19. The molecule has 0 aliphatic carbocycles. The van der Waals surface area contributed by atoms with E-state index < -0.39 is 23.7 Å². The first-order valence-corrected chi connectivity index (χ1v) is 9.19. The molecule has 0 unspecified atom stereocenters. The molecule has 2 atom stereocenters. The number of benzene rings is 1. The van der Waals surface area contributed by atoms with E-state index in [9.17, 15) is 22.4 Å². The van der Waals surface area contributed by atoms with Crippen LogP contribution >= 0.6 is 0 Å². The molecule has 1 amide bonds. The highest BCUT2D eigenvalue weighted by Crippen LogP contribution is 2.29. The molecule has 6 nitrogen and oxygen atoms in total. The van der Waals surface area contributed by atoms with E-state index >= 15 is 0 Å². The highest BCUT2D eigenvalue weighted by molar-refractivity contribution is 5.87. The second-order valence-electron chi connectivity index (χ2n) is 6.76. The first-order chi connectivity index (χ1) is 14.3. The number of carbonyl (C=O) groups excluding carboxylic acids is 1. The van der Waals surface area contributed by atoms with Gasteiger partial charge < -0.3 is 15.0 Å². The number of nitrogens with one attached hydrogen (secondary N) is 1. The number of nitrogens with zero attached hydrogens (tertiary/aromatic N) is 3. The van der Waals surface area contributed by atoms with Crippen molar-refractivity contribution in [3.05, 3.63) is 65.8 Å². The number of hydrogen-bond acceptors (Lipinski definition) is 5. The van der Waals surface area contributed by atoms with E-state index in [1.165, 1.54) is 18.2 Å². The highest BCUT2D eigenvalue weighted by Gasteiger charge is 2.36. The summed E-state index contributed by atoms with van der Waals surface area (Å²) >= 11 is 0. The number of likely N-dealkylation sites (tertiary alicyclic amines) is 1. The summed E-state index contributed by atoms with van der Waals surface area (Å²) in [5, 5.41) is 3.03. The topological polar surface area (TPSA) is 67.4 Å². The summed E-state index contributed by atoms with van der Waals surface area (Å²) in [5.74, 6) is -0.582. The molecule has 3 rings (SSSR count). The van der Waals surface area contributed by atoms with Gasteiger partial charge in [-0.2, -0.15) is 13.2 Å². The molecule has 1 aliphatic rings. The fourth-order valence-corrected chi connectivity index (χ4v) is 3.06.